The lowest BCUT2D eigenvalue weighted by Gasteiger charge is -2.30. The number of benzene rings is 2. The Morgan fingerprint density at radius 1 is 0.943 bits per heavy atom. The normalized spacial score (nSPS) is 18.3. The summed E-state index contributed by atoms with van der Waals surface area (Å²) in [7, 11) is -3.65. The number of carbonyl (C=O) groups excluding carboxylic acids is 2. The molecule has 35 heavy (non-hydrogen) atoms. The molecule has 4 rings (SSSR count). The van der Waals surface area contributed by atoms with E-state index in [2.05, 4.69) is 16.3 Å². The Morgan fingerprint density at radius 2 is 1.57 bits per heavy atom. The van der Waals surface area contributed by atoms with E-state index in [1.165, 1.54) is 41.1 Å². The number of rotatable bonds is 8. The van der Waals surface area contributed by atoms with E-state index >= 15 is 0 Å². The Balaban J connectivity index is 1.30. The number of Topliss-reactive ketones (excluding diaryl/α,β-unsaturated/α-hetero) is 1. The molecule has 0 bridgehead atoms. The van der Waals surface area contributed by atoms with Gasteiger partial charge >= 0.3 is 0 Å². The van der Waals surface area contributed by atoms with E-state index in [9.17, 15) is 18.0 Å². The zero-order valence-electron chi connectivity index (χ0n) is 20.1. The van der Waals surface area contributed by atoms with Gasteiger partial charge in [0.1, 0.15) is 0 Å². The lowest BCUT2D eigenvalue weighted by molar-refractivity contribution is -0.126. The Hall–Kier alpha value is -2.59. The van der Waals surface area contributed by atoms with Crippen LogP contribution in [0.5, 0.6) is 0 Å². The highest BCUT2D eigenvalue weighted by molar-refractivity contribution is 7.89. The molecule has 1 amide bonds. The number of sulfonamides is 1. The van der Waals surface area contributed by atoms with Crippen LogP contribution in [0.25, 0.3) is 0 Å². The van der Waals surface area contributed by atoms with Crippen LogP contribution in [0, 0.1) is 5.92 Å². The quantitative estimate of drug-likeness (QED) is 0.561. The van der Waals surface area contributed by atoms with Crippen LogP contribution in [0.1, 0.15) is 41.3 Å². The molecule has 2 aliphatic rings. The van der Waals surface area contributed by atoms with E-state index in [4.69, 9.17) is 4.74 Å². The molecule has 2 aliphatic heterocycles. The van der Waals surface area contributed by atoms with Crippen molar-refractivity contribution in [2.45, 2.75) is 37.8 Å². The summed E-state index contributed by atoms with van der Waals surface area (Å²) < 4.78 is 32.8. The fourth-order valence-electron chi connectivity index (χ4n) is 4.58. The number of morpholine rings is 1. The number of ketones is 1. The number of piperidine rings is 1. The zero-order chi connectivity index (χ0) is 24.8. The van der Waals surface area contributed by atoms with Crippen molar-refractivity contribution in [2.24, 2.45) is 5.92 Å². The minimum Gasteiger partial charge on any atom is -0.379 e. The van der Waals surface area contributed by atoms with E-state index in [-0.39, 0.29) is 22.5 Å². The Labute approximate surface area is 207 Å². The van der Waals surface area contributed by atoms with Crippen LogP contribution in [-0.4, -0.2) is 68.7 Å². The lowest BCUT2D eigenvalue weighted by atomic mass is 9.97. The minimum absolute atomic E-state index is 0.0333. The van der Waals surface area contributed by atoms with Gasteiger partial charge in [0.05, 0.1) is 18.1 Å². The van der Waals surface area contributed by atoms with Crippen LogP contribution in [0.2, 0.25) is 0 Å². The number of ether oxygens (including phenoxy) is 1. The molecule has 9 heteroatoms. The Morgan fingerprint density at radius 3 is 2.20 bits per heavy atom. The van der Waals surface area contributed by atoms with Crippen LogP contribution >= 0.6 is 0 Å². The van der Waals surface area contributed by atoms with Crippen LogP contribution in [0.3, 0.4) is 0 Å². The van der Waals surface area contributed by atoms with Crippen molar-refractivity contribution in [1.82, 2.24) is 14.5 Å². The maximum absolute atomic E-state index is 13.0. The molecule has 188 valence electrons. The SMILES string of the molecule is CC(=O)c1ccc(S(=O)(=O)N2CCC(C(=O)NCc3ccccc3CN3CCOCC3)CC2)cc1. The number of amides is 1. The average molecular weight is 500 g/mol. The maximum atomic E-state index is 13.0. The molecule has 2 aromatic rings. The summed E-state index contributed by atoms with van der Waals surface area (Å²) in [6, 6.07) is 14.2. The van der Waals surface area contributed by atoms with E-state index in [0.717, 1.165) is 38.4 Å². The third-order valence-electron chi connectivity index (χ3n) is 6.79. The van der Waals surface area contributed by atoms with Gasteiger partial charge in [-0.2, -0.15) is 4.31 Å². The molecule has 2 fully saturated rings. The van der Waals surface area contributed by atoms with Gasteiger partial charge in [-0.25, -0.2) is 8.42 Å². The molecule has 2 aromatic carbocycles. The molecule has 2 saturated heterocycles. The molecule has 0 spiro atoms. The van der Waals surface area contributed by atoms with Gasteiger partial charge in [-0.15, -0.1) is 0 Å². The predicted molar refractivity (Wildman–Crippen MR) is 132 cm³/mol. The van der Waals surface area contributed by atoms with Crippen LogP contribution in [0.4, 0.5) is 0 Å². The third kappa shape index (κ3) is 6.35. The lowest BCUT2D eigenvalue weighted by Crippen LogP contribution is -2.43. The second-order valence-electron chi connectivity index (χ2n) is 9.13. The van der Waals surface area contributed by atoms with Crippen molar-refractivity contribution in [3.8, 4) is 0 Å². The summed E-state index contributed by atoms with van der Waals surface area (Å²) in [6.45, 7) is 6.63. The number of hydrogen-bond donors (Lipinski definition) is 1. The van der Waals surface area contributed by atoms with Crippen LogP contribution in [0.15, 0.2) is 53.4 Å². The summed E-state index contributed by atoms with van der Waals surface area (Å²) in [5, 5.41) is 3.07. The fourth-order valence-corrected chi connectivity index (χ4v) is 6.05. The monoisotopic (exact) mass is 499 g/mol. The van der Waals surface area contributed by atoms with Crippen LogP contribution < -0.4 is 5.32 Å². The third-order valence-corrected chi connectivity index (χ3v) is 8.71. The minimum atomic E-state index is -3.65. The largest absolute Gasteiger partial charge is 0.379 e. The summed E-state index contributed by atoms with van der Waals surface area (Å²) in [4.78, 5) is 26.8. The van der Waals surface area contributed by atoms with Gasteiger partial charge in [-0.1, -0.05) is 36.4 Å². The van der Waals surface area contributed by atoms with Crippen molar-refractivity contribution >= 4 is 21.7 Å². The molecular formula is C26H33N3O5S. The highest BCUT2D eigenvalue weighted by Gasteiger charge is 2.32. The summed E-state index contributed by atoms with van der Waals surface area (Å²) in [5.74, 6) is -0.355. The van der Waals surface area contributed by atoms with Crippen LogP contribution in [-0.2, 0) is 32.6 Å². The Bertz CT molecular complexity index is 1140. The summed E-state index contributed by atoms with van der Waals surface area (Å²) >= 11 is 0. The first-order valence-corrected chi connectivity index (χ1v) is 13.5. The van der Waals surface area contributed by atoms with E-state index in [0.29, 0.717) is 38.0 Å². The standard InChI is InChI=1S/C26H33N3O5S/c1-20(30)21-6-8-25(9-7-21)35(32,33)29-12-10-22(11-13-29)26(31)27-18-23-4-2-3-5-24(23)19-28-14-16-34-17-15-28/h2-9,22H,10-19H2,1H3,(H,27,31). The molecule has 0 unspecified atom stereocenters. The summed E-state index contributed by atoms with van der Waals surface area (Å²) in [6.07, 6.45) is 0.956. The molecule has 8 nitrogen and oxygen atoms in total. The highest BCUT2D eigenvalue weighted by atomic mass is 32.2. The maximum Gasteiger partial charge on any atom is 0.243 e. The van der Waals surface area contributed by atoms with Crippen molar-refractivity contribution in [2.75, 3.05) is 39.4 Å². The van der Waals surface area contributed by atoms with Gasteiger partial charge in [0.25, 0.3) is 0 Å². The van der Waals surface area contributed by atoms with Gasteiger partial charge in [0.15, 0.2) is 5.78 Å². The number of carbonyl (C=O) groups is 2. The van der Waals surface area contributed by atoms with Gasteiger partial charge in [-0.3, -0.25) is 14.5 Å². The molecule has 0 radical (unpaired) electrons. The first-order chi connectivity index (χ1) is 16.8. The van der Waals surface area contributed by atoms with E-state index < -0.39 is 10.0 Å². The number of hydrogen-bond acceptors (Lipinski definition) is 6. The highest BCUT2D eigenvalue weighted by Crippen LogP contribution is 2.24. The molecule has 0 aromatic heterocycles. The first kappa shape index (κ1) is 25.5. The first-order valence-electron chi connectivity index (χ1n) is 12.1. The number of nitrogens with zero attached hydrogens (tertiary/aromatic N) is 2. The van der Waals surface area contributed by atoms with Crippen molar-refractivity contribution in [3.63, 3.8) is 0 Å². The average Bonchev–Trinajstić information content (AvgIpc) is 2.88. The van der Waals surface area contributed by atoms with E-state index in [1.54, 1.807) is 0 Å². The van der Waals surface area contributed by atoms with E-state index in [1.807, 2.05) is 18.2 Å². The molecule has 0 atom stereocenters. The summed E-state index contributed by atoms with van der Waals surface area (Å²) in [5.41, 5.74) is 2.78. The predicted octanol–water partition coefficient (Wildman–Crippen LogP) is 2.44. The van der Waals surface area contributed by atoms with Gasteiger partial charge in [0.2, 0.25) is 15.9 Å². The smallest absolute Gasteiger partial charge is 0.243 e. The Kier molecular flexibility index (Phi) is 8.33. The second-order valence-corrected chi connectivity index (χ2v) is 11.1. The van der Waals surface area contributed by atoms with Crippen molar-refractivity contribution in [1.29, 1.82) is 0 Å². The van der Waals surface area contributed by atoms with Crippen molar-refractivity contribution < 1.29 is 22.7 Å². The van der Waals surface area contributed by atoms with Gasteiger partial charge < -0.3 is 10.1 Å². The molecule has 0 saturated carbocycles. The second kappa shape index (κ2) is 11.4. The molecule has 0 aliphatic carbocycles. The topological polar surface area (TPSA) is 96.0 Å². The molecule has 1 N–H and O–H groups in total. The fraction of sp³-hybridized carbons (Fsp3) is 0.462. The zero-order valence-corrected chi connectivity index (χ0v) is 20.9. The van der Waals surface area contributed by atoms with Gasteiger partial charge in [0, 0.05) is 50.7 Å². The van der Waals surface area contributed by atoms with Gasteiger partial charge in [-0.05, 0) is 43.0 Å². The number of nitrogens with one attached hydrogen (secondary N) is 1. The molecular weight excluding hydrogens is 466 g/mol. The van der Waals surface area contributed by atoms with Crippen molar-refractivity contribution in [3.05, 3.63) is 65.2 Å². The molecule has 2 heterocycles.